The van der Waals surface area contributed by atoms with Gasteiger partial charge in [-0.05, 0) is 31.4 Å². The van der Waals surface area contributed by atoms with Crippen LogP contribution in [-0.4, -0.2) is 18.0 Å². The maximum atomic E-state index is 13.5. The van der Waals surface area contributed by atoms with Crippen LogP contribution >= 0.6 is 12.4 Å². The van der Waals surface area contributed by atoms with Crippen LogP contribution in [-0.2, 0) is 4.79 Å². The van der Waals surface area contributed by atoms with Crippen molar-refractivity contribution in [2.75, 3.05) is 6.54 Å². The van der Waals surface area contributed by atoms with E-state index in [4.69, 9.17) is 5.73 Å². The minimum atomic E-state index is -0.434. The molecule has 0 aromatic heterocycles. The van der Waals surface area contributed by atoms with Crippen LogP contribution in [0.5, 0.6) is 0 Å². The lowest BCUT2D eigenvalue weighted by Gasteiger charge is -2.20. The Balaban J connectivity index is 0.00000324. The third kappa shape index (κ3) is 6.55. The Morgan fingerprint density at radius 3 is 2.53 bits per heavy atom. The lowest BCUT2D eigenvalue weighted by atomic mass is 9.97. The highest BCUT2D eigenvalue weighted by molar-refractivity contribution is 5.85. The summed E-state index contributed by atoms with van der Waals surface area (Å²) in [5.41, 5.74) is 5.91. The van der Waals surface area contributed by atoms with Crippen molar-refractivity contribution in [2.24, 2.45) is 5.73 Å². The Labute approximate surface area is 120 Å². The lowest BCUT2D eigenvalue weighted by molar-refractivity contribution is -0.121. The maximum absolute atomic E-state index is 13.5. The van der Waals surface area contributed by atoms with Gasteiger partial charge in [0.15, 0.2) is 0 Å². The quantitative estimate of drug-likeness (QED) is 0.875. The van der Waals surface area contributed by atoms with Crippen molar-refractivity contribution in [3.63, 3.8) is 0 Å². The first-order chi connectivity index (χ1) is 8.29. The molecule has 108 valence electrons. The standard InChI is InChI=1S/C14H21FN2O.ClH/c1-10(11-6-4-5-7-12(11)15)8-13(18)17-9-14(2,3)16;/h4-7,10H,8-9,16H2,1-3H3,(H,17,18);1H. The molecule has 0 radical (unpaired) electrons. The van der Waals surface area contributed by atoms with Gasteiger partial charge >= 0.3 is 0 Å². The number of hydrogen-bond acceptors (Lipinski definition) is 2. The average molecular weight is 289 g/mol. The van der Waals surface area contributed by atoms with Gasteiger partial charge in [-0.15, -0.1) is 12.4 Å². The van der Waals surface area contributed by atoms with E-state index in [1.54, 1.807) is 18.2 Å². The summed E-state index contributed by atoms with van der Waals surface area (Å²) in [6.45, 7) is 5.93. The van der Waals surface area contributed by atoms with Gasteiger partial charge in [0.25, 0.3) is 0 Å². The zero-order chi connectivity index (χ0) is 13.8. The molecule has 0 fully saturated rings. The molecule has 1 amide bonds. The molecule has 5 heteroatoms. The van der Waals surface area contributed by atoms with Gasteiger partial charge in [-0.2, -0.15) is 0 Å². The fourth-order valence-corrected chi connectivity index (χ4v) is 1.66. The first kappa shape index (κ1) is 17.9. The van der Waals surface area contributed by atoms with Gasteiger partial charge in [-0.3, -0.25) is 4.79 Å². The van der Waals surface area contributed by atoms with Gasteiger partial charge in [0.2, 0.25) is 5.91 Å². The number of carbonyl (C=O) groups excluding carboxylic acids is 1. The van der Waals surface area contributed by atoms with Gasteiger partial charge < -0.3 is 11.1 Å². The van der Waals surface area contributed by atoms with Crippen LogP contribution < -0.4 is 11.1 Å². The number of nitrogens with two attached hydrogens (primary N) is 1. The highest BCUT2D eigenvalue weighted by atomic mass is 35.5. The van der Waals surface area contributed by atoms with E-state index in [1.807, 2.05) is 20.8 Å². The second-order valence-corrected chi connectivity index (χ2v) is 5.39. The predicted octanol–water partition coefficient (Wildman–Crippen LogP) is 2.59. The third-order valence-electron chi connectivity index (χ3n) is 2.67. The Hall–Kier alpha value is -1.13. The molecule has 0 aliphatic heterocycles. The number of carbonyl (C=O) groups is 1. The van der Waals surface area contributed by atoms with Crippen LogP contribution in [0.4, 0.5) is 4.39 Å². The van der Waals surface area contributed by atoms with Gasteiger partial charge in [0.05, 0.1) is 0 Å². The number of nitrogens with one attached hydrogen (secondary N) is 1. The van der Waals surface area contributed by atoms with Crippen LogP contribution in [0.25, 0.3) is 0 Å². The number of hydrogen-bond donors (Lipinski definition) is 2. The van der Waals surface area contributed by atoms with Gasteiger partial charge in [-0.1, -0.05) is 25.1 Å². The van der Waals surface area contributed by atoms with Crippen LogP contribution in [0.3, 0.4) is 0 Å². The highest BCUT2D eigenvalue weighted by Crippen LogP contribution is 2.21. The molecule has 0 heterocycles. The molecular weight excluding hydrogens is 267 g/mol. The van der Waals surface area contributed by atoms with Crippen molar-refractivity contribution in [1.82, 2.24) is 5.32 Å². The fraction of sp³-hybridized carbons (Fsp3) is 0.500. The summed E-state index contributed by atoms with van der Waals surface area (Å²) in [7, 11) is 0. The lowest BCUT2D eigenvalue weighted by Crippen LogP contribution is -2.45. The summed E-state index contributed by atoms with van der Waals surface area (Å²) in [6, 6.07) is 6.53. The number of rotatable bonds is 5. The van der Waals surface area contributed by atoms with E-state index in [-0.39, 0.29) is 36.5 Å². The van der Waals surface area contributed by atoms with Gasteiger partial charge in [0.1, 0.15) is 5.82 Å². The first-order valence-electron chi connectivity index (χ1n) is 6.09. The van der Waals surface area contributed by atoms with E-state index >= 15 is 0 Å². The summed E-state index contributed by atoms with van der Waals surface area (Å²) >= 11 is 0. The van der Waals surface area contributed by atoms with E-state index in [1.165, 1.54) is 6.07 Å². The Kier molecular flexibility index (Phi) is 7.01. The number of benzene rings is 1. The van der Waals surface area contributed by atoms with Crippen LogP contribution in [0.15, 0.2) is 24.3 Å². The van der Waals surface area contributed by atoms with Gasteiger partial charge in [-0.25, -0.2) is 4.39 Å². The molecule has 1 atom stereocenters. The molecule has 1 unspecified atom stereocenters. The molecule has 0 bridgehead atoms. The molecule has 1 aromatic carbocycles. The molecule has 0 saturated carbocycles. The monoisotopic (exact) mass is 288 g/mol. The zero-order valence-corrected chi connectivity index (χ0v) is 12.4. The third-order valence-corrected chi connectivity index (χ3v) is 2.67. The number of halogens is 2. The van der Waals surface area contributed by atoms with Crippen molar-refractivity contribution in [3.8, 4) is 0 Å². The Bertz CT molecular complexity index is 418. The molecular formula is C14H22ClFN2O. The van der Waals surface area contributed by atoms with Crippen molar-refractivity contribution in [1.29, 1.82) is 0 Å². The van der Waals surface area contributed by atoms with Crippen LogP contribution in [0.2, 0.25) is 0 Å². The minimum absolute atomic E-state index is 0. The molecule has 0 aliphatic rings. The summed E-state index contributed by atoms with van der Waals surface area (Å²) in [6.07, 6.45) is 0.261. The topological polar surface area (TPSA) is 55.1 Å². The molecule has 0 spiro atoms. The molecule has 1 aromatic rings. The van der Waals surface area contributed by atoms with Crippen molar-refractivity contribution in [3.05, 3.63) is 35.6 Å². The molecule has 3 nitrogen and oxygen atoms in total. The Morgan fingerprint density at radius 1 is 1.42 bits per heavy atom. The molecule has 1 rings (SSSR count). The van der Waals surface area contributed by atoms with Crippen molar-refractivity contribution in [2.45, 2.75) is 38.6 Å². The molecule has 19 heavy (non-hydrogen) atoms. The summed E-state index contributed by atoms with van der Waals surface area (Å²) < 4.78 is 13.5. The van der Waals surface area contributed by atoms with E-state index in [0.29, 0.717) is 12.1 Å². The minimum Gasteiger partial charge on any atom is -0.354 e. The SMILES string of the molecule is CC(CC(=O)NCC(C)(C)N)c1ccccc1F.Cl. The first-order valence-corrected chi connectivity index (χ1v) is 6.09. The van der Waals surface area contributed by atoms with Crippen molar-refractivity contribution >= 4 is 18.3 Å². The smallest absolute Gasteiger partial charge is 0.220 e. The maximum Gasteiger partial charge on any atom is 0.220 e. The summed E-state index contributed by atoms with van der Waals surface area (Å²) in [5, 5.41) is 2.76. The van der Waals surface area contributed by atoms with E-state index in [9.17, 15) is 9.18 Å². The average Bonchev–Trinajstić information content (AvgIpc) is 2.26. The highest BCUT2D eigenvalue weighted by Gasteiger charge is 2.16. The normalized spacial score (nSPS) is 12.5. The van der Waals surface area contributed by atoms with E-state index < -0.39 is 5.54 Å². The summed E-state index contributed by atoms with van der Waals surface area (Å²) in [4.78, 5) is 11.7. The Morgan fingerprint density at radius 2 is 2.00 bits per heavy atom. The summed E-state index contributed by atoms with van der Waals surface area (Å²) in [5.74, 6) is -0.520. The van der Waals surface area contributed by atoms with E-state index in [2.05, 4.69) is 5.32 Å². The zero-order valence-electron chi connectivity index (χ0n) is 11.6. The van der Waals surface area contributed by atoms with Crippen LogP contribution in [0.1, 0.15) is 38.7 Å². The number of amides is 1. The molecule has 0 saturated heterocycles. The van der Waals surface area contributed by atoms with E-state index in [0.717, 1.165) is 0 Å². The second kappa shape index (κ2) is 7.46. The largest absolute Gasteiger partial charge is 0.354 e. The fourth-order valence-electron chi connectivity index (χ4n) is 1.66. The molecule has 0 aliphatic carbocycles. The molecule has 3 N–H and O–H groups in total. The van der Waals surface area contributed by atoms with Crippen molar-refractivity contribution < 1.29 is 9.18 Å². The van der Waals surface area contributed by atoms with Gasteiger partial charge in [0, 0.05) is 18.5 Å². The predicted molar refractivity (Wildman–Crippen MR) is 78.0 cm³/mol. The van der Waals surface area contributed by atoms with Crippen LogP contribution in [0, 0.1) is 5.82 Å². The second-order valence-electron chi connectivity index (χ2n) is 5.39.